The Kier molecular flexibility index (Phi) is 1.99. The molecule has 7 heteroatoms. The summed E-state index contributed by atoms with van der Waals surface area (Å²) >= 11 is 2.87. The first-order valence-electron chi connectivity index (χ1n) is 1.31. The molecular weight excluding hydrogens is 170 g/mol. The molecule has 0 aromatic carbocycles. The highest BCUT2D eigenvalue weighted by molar-refractivity contribution is 8.10. The number of alkyl halides is 3. The third kappa shape index (κ3) is 2.05. The third-order valence-electron chi connectivity index (χ3n) is 0.295. The van der Waals surface area contributed by atoms with Crippen LogP contribution >= 0.6 is 6.66 Å². The molecule has 0 aliphatic carbocycles. The van der Waals surface area contributed by atoms with Gasteiger partial charge < -0.3 is 0 Å². The van der Waals surface area contributed by atoms with Crippen molar-refractivity contribution in [2.75, 3.05) is 0 Å². The third-order valence-corrected chi connectivity index (χ3v) is 1.51. The minimum absolute atomic E-state index is 2.87. The SMILES string of the molecule is FC(F)(F)P(F)(F)=S. The van der Waals surface area contributed by atoms with Crippen LogP contribution in [0.15, 0.2) is 0 Å². The van der Waals surface area contributed by atoms with Crippen molar-refractivity contribution in [1.82, 2.24) is 0 Å². The van der Waals surface area contributed by atoms with Crippen molar-refractivity contribution < 1.29 is 21.6 Å². The van der Waals surface area contributed by atoms with Gasteiger partial charge in [-0.05, 0) is 11.8 Å². The summed E-state index contributed by atoms with van der Waals surface area (Å²) in [7, 11) is 0. The Hall–Kier alpha value is 0.300. The smallest absolute Gasteiger partial charge is 0.172 e. The zero-order valence-electron chi connectivity index (χ0n) is 3.25. The van der Waals surface area contributed by atoms with Gasteiger partial charge >= 0.3 is 12.6 Å². The van der Waals surface area contributed by atoms with Crippen molar-refractivity contribution in [3.05, 3.63) is 0 Å². The molecular formula is CF5PS. The molecule has 0 saturated heterocycles. The number of rotatable bonds is 0. The summed E-state index contributed by atoms with van der Waals surface area (Å²) in [6, 6.07) is 0. The average molecular weight is 170 g/mol. The largest absolute Gasteiger partial charge is 0.473 e. The van der Waals surface area contributed by atoms with Crippen molar-refractivity contribution in [2.45, 2.75) is 5.92 Å². The van der Waals surface area contributed by atoms with Crippen molar-refractivity contribution in [3.63, 3.8) is 0 Å². The Morgan fingerprint density at radius 1 is 1.12 bits per heavy atom. The highest BCUT2D eigenvalue weighted by Crippen LogP contribution is 2.63. The Labute approximate surface area is 46.9 Å². The predicted molar refractivity (Wildman–Crippen MR) is 22.6 cm³/mol. The number of hydrogen-bond acceptors (Lipinski definition) is 1. The molecule has 0 saturated carbocycles. The minimum atomic E-state index is -6.02. The standard InChI is InChI=1S/CF5PS/c2-1(3,4)7(5,6)8. The maximum atomic E-state index is 11.0. The van der Waals surface area contributed by atoms with Crippen molar-refractivity contribution in [2.24, 2.45) is 0 Å². The van der Waals surface area contributed by atoms with Crippen LogP contribution in [0.2, 0.25) is 0 Å². The van der Waals surface area contributed by atoms with E-state index in [2.05, 4.69) is 11.8 Å². The fourth-order valence-corrected chi connectivity index (χ4v) is 0. The van der Waals surface area contributed by atoms with E-state index in [9.17, 15) is 21.6 Å². The second-order valence-corrected chi connectivity index (χ2v) is 3.74. The number of halogens is 5. The lowest BCUT2D eigenvalue weighted by atomic mass is 11.6. The average Bonchev–Trinajstić information content (AvgIpc) is 1.25. The highest BCUT2D eigenvalue weighted by Gasteiger charge is 2.48. The normalized spacial score (nSPS) is 14.1. The van der Waals surface area contributed by atoms with Crippen LogP contribution in [0, 0.1) is 0 Å². The van der Waals surface area contributed by atoms with E-state index in [0.717, 1.165) is 0 Å². The van der Waals surface area contributed by atoms with E-state index in [1.807, 2.05) is 0 Å². The molecule has 50 valence electrons. The molecule has 0 heterocycles. The van der Waals surface area contributed by atoms with Gasteiger partial charge in [-0.1, -0.05) is 0 Å². The van der Waals surface area contributed by atoms with Crippen LogP contribution < -0.4 is 0 Å². The summed E-state index contributed by atoms with van der Waals surface area (Å²) < 4.78 is 54.3. The van der Waals surface area contributed by atoms with E-state index in [4.69, 9.17) is 0 Å². The summed E-state index contributed by atoms with van der Waals surface area (Å²) in [6.45, 7) is -6.02. The van der Waals surface area contributed by atoms with E-state index >= 15 is 0 Å². The van der Waals surface area contributed by atoms with Gasteiger partial charge in [0.05, 0.1) is 0 Å². The first-order valence-corrected chi connectivity index (χ1v) is 3.90. The van der Waals surface area contributed by atoms with Gasteiger partial charge in [0.15, 0.2) is 0 Å². The molecule has 0 rings (SSSR count). The molecule has 0 N–H and O–H groups in total. The molecule has 0 aromatic heterocycles. The zero-order valence-corrected chi connectivity index (χ0v) is 4.96. The van der Waals surface area contributed by atoms with Crippen molar-refractivity contribution in [1.29, 1.82) is 0 Å². The maximum absolute atomic E-state index is 11.0. The molecule has 0 radical (unpaired) electrons. The maximum Gasteiger partial charge on any atom is 0.473 e. The number of hydrogen-bond donors (Lipinski definition) is 0. The Morgan fingerprint density at radius 2 is 1.25 bits per heavy atom. The van der Waals surface area contributed by atoms with Crippen molar-refractivity contribution in [3.8, 4) is 0 Å². The molecule has 0 amide bonds. The van der Waals surface area contributed by atoms with Crippen LogP contribution in [0.3, 0.4) is 0 Å². The van der Waals surface area contributed by atoms with Gasteiger partial charge in [0.2, 0.25) is 0 Å². The zero-order chi connectivity index (χ0) is 7.00. The minimum Gasteiger partial charge on any atom is -0.172 e. The molecule has 0 aromatic rings. The lowest BCUT2D eigenvalue weighted by molar-refractivity contribution is -0.0495. The molecule has 0 unspecified atom stereocenters. The van der Waals surface area contributed by atoms with Gasteiger partial charge in [0.25, 0.3) is 0 Å². The first-order chi connectivity index (χ1) is 3.25. The first kappa shape index (κ1) is 8.30. The van der Waals surface area contributed by atoms with Gasteiger partial charge in [-0.25, -0.2) is 0 Å². The lowest BCUT2D eigenvalue weighted by Gasteiger charge is -2.04. The molecule has 0 bridgehead atoms. The van der Waals surface area contributed by atoms with E-state index in [1.165, 1.54) is 0 Å². The Balaban J connectivity index is 4.26. The fraction of sp³-hybridized carbons (Fsp3) is 1.00. The quantitative estimate of drug-likeness (QED) is 0.397. The second kappa shape index (κ2) is 1.92. The summed E-state index contributed by atoms with van der Waals surface area (Å²) in [5.74, 6) is -5.47. The lowest BCUT2D eigenvalue weighted by Crippen LogP contribution is -2.00. The molecule has 8 heavy (non-hydrogen) atoms. The van der Waals surface area contributed by atoms with Crippen LogP contribution in [-0.4, -0.2) is 5.92 Å². The Morgan fingerprint density at radius 3 is 1.25 bits per heavy atom. The Bertz CT molecular complexity index is 119. The van der Waals surface area contributed by atoms with Crippen LogP contribution in [0.5, 0.6) is 0 Å². The van der Waals surface area contributed by atoms with Crippen LogP contribution in [0.1, 0.15) is 0 Å². The molecule has 0 atom stereocenters. The van der Waals surface area contributed by atoms with E-state index < -0.39 is 12.6 Å². The van der Waals surface area contributed by atoms with Crippen LogP contribution in [0.25, 0.3) is 0 Å². The summed E-state index contributed by atoms with van der Waals surface area (Å²) in [5, 5.41) is 0. The second-order valence-electron chi connectivity index (χ2n) is 0.930. The van der Waals surface area contributed by atoms with E-state index in [-0.39, 0.29) is 0 Å². The van der Waals surface area contributed by atoms with Gasteiger partial charge in [-0.3, -0.25) is 0 Å². The van der Waals surface area contributed by atoms with Crippen LogP contribution in [0.4, 0.5) is 21.6 Å². The topological polar surface area (TPSA) is 0 Å². The molecule has 0 aliphatic heterocycles. The van der Waals surface area contributed by atoms with Gasteiger partial charge in [-0.15, -0.1) is 0 Å². The molecule has 0 fully saturated rings. The highest BCUT2D eigenvalue weighted by atomic mass is 32.5. The van der Waals surface area contributed by atoms with E-state index in [1.54, 1.807) is 0 Å². The van der Waals surface area contributed by atoms with E-state index in [0.29, 0.717) is 0 Å². The molecule has 0 aliphatic rings. The van der Waals surface area contributed by atoms with Crippen molar-refractivity contribution >= 4 is 18.5 Å². The fourth-order valence-electron chi connectivity index (χ4n) is 0. The molecule has 0 spiro atoms. The van der Waals surface area contributed by atoms with Gasteiger partial charge in [0, 0.05) is 0 Å². The van der Waals surface area contributed by atoms with Gasteiger partial charge in [0.1, 0.15) is 0 Å². The van der Waals surface area contributed by atoms with Gasteiger partial charge in [-0.2, -0.15) is 21.6 Å². The summed E-state index contributed by atoms with van der Waals surface area (Å²) in [4.78, 5) is 0. The summed E-state index contributed by atoms with van der Waals surface area (Å²) in [6.07, 6.45) is 0. The monoisotopic (exact) mass is 170 g/mol. The molecule has 0 nitrogen and oxygen atoms in total. The predicted octanol–water partition coefficient (Wildman–Crippen LogP) is 2.75. The summed E-state index contributed by atoms with van der Waals surface area (Å²) in [5.41, 5.74) is 0. The van der Waals surface area contributed by atoms with Crippen LogP contribution in [-0.2, 0) is 11.8 Å².